The number of esters is 1. The van der Waals surface area contributed by atoms with Gasteiger partial charge in [-0.25, -0.2) is 8.42 Å². The largest absolute Gasteiger partial charge is 0.468 e. The van der Waals surface area contributed by atoms with E-state index in [1.807, 2.05) is 0 Å². The maximum absolute atomic E-state index is 12.4. The molecular weight excluding hydrogens is 294 g/mol. The number of nitrogens with zero attached hydrogens (tertiary/aromatic N) is 1. The first-order valence-electron chi connectivity index (χ1n) is 6.12. The molecule has 0 amide bonds. The number of rotatable bonds is 5. The van der Waals surface area contributed by atoms with Gasteiger partial charge >= 0.3 is 5.97 Å². The molecule has 0 bridgehead atoms. The van der Waals surface area contributed by atoms with Crippen LogP contribution in [0.15, 0.2) is 41.6 Å². The Labute approximate surface area is 122 Å². The molecule has 8 heteroatoms. The van der Waals surface area contributed by atoms with Crippen molar-refractivity contribution >= 4 is 26.8 Å². The summed E-state index contributed by atoms with van der Waals surface area (Å²) in [5.74, 6) is -0.733. The summed E-state index contributed by atoms with van der Waals surface area (Å²) in [4.78, 5) is 15.5. The molecule has 2 rings (SSSR count). The second-order valence-corrected chi connectivity index (χ2v) is 5.97. The van der Waals surface area contributed by atoms with Gasteiger partial charge in [0.25, 0.3) is 0 Å². The van der Waals surface area contributed by atoms with Crippen molar-refractivity contribution in [1.29, 1.82) is 0 Å². The van der Waals surface area contributed by atoms with Crippen molar-refractivity contribution in [1.82, 2.24) is 9.71 Å². The van der Waals surface area contributed by atoms with Gasteiger partial charge in [0.2, 0.25) is 10.0 Å². The van der Waals surface area contributed by atoms with Gasteiger partial charge < -0.3 is 10.5 Å². The number of carbonyl (C=O) groups excluding carboxylic acids is 1. The maximum atomic E-state index is 12.4. The molecule has 0 saturated carbocycles. The first-order chi connectivity index (χ1) is 9.99. The maximum Gasteiger partial charge on any atom is 0.325 e. The van der Waals surface area contributed by atoms with Crippen LogP contribution >= 0.6 is 0 Å². The van der Waals surface area contributed by atoms with Crippen molar-refractivity contribution < 1.29 is 17.9 Å². The van der Waals surface area contributed by atoms with E-state index in [0.717, 1.165) is 0 Å². The highest BCUT2D eigenvalue weighted by atomic mass is 32.2. The Balaban J connectivity index is 2.45. The van der Waals surface area contributed by atoms with Gasteiger partial charge in [-0.1, -0.05) is 12.1 Å². The van der Waals surface area contributed by atoms with Gasteiger partial charge in [-0.15, -0.1) is 0 Å². The van der Waals surface area contributed by atoms with E-state index >= 15 is 0 Å². The lowest BCUT2D eigenvalue weighted by Crippen LogP contribution is -2.46. The molecule has 1 heterocycles. The minimum absolute atomic E-state index is 0.0600. The Morgan fingerprint density at radius 2 is 2.19 bits per heavy atom. The van der Waals surface area contributed by atoms with E-state index < -0.39 is 22.0 Å². The van der Waals surface area contributed by atoms with E-state index in [9.17, 15) is 13.2 Å². The predicted molar refractivity (Wildman–Crippen MR) is 76.9 cm³/mol. The molecule has 1 atom stereocenters. The number of hydrogen-bond acceptors (Lipinski definition) is 6. The average Bonchev–Trinajstić information content (AvgIpc) is 2.51. The fourth-order valence-electron chi connectivity index (χ4n) is 1.91. The SMILES string of the molecule is COC(=O)[C@H](CN)NS(=O)(=O)c1cccc2cnccc12. The second-order valence-electron chi connectivity index (χ2n) is 4.29. The van der Waals surface area contributed by atoms with E-state index in [1.165, 1.54) is 19.4 Å². The zero-order valence-electron chi connectivity index (χ0n) is 11.3. The number of sulfonamides is 1. The summed E-state index contributed by atoms with van der Waals surface area (Å²) in [6, 6.07) is 5.28. The van der Waals surface area contributed by atoms with Gasteiger partial charge in [0.1, 0.15) is 6.04 Å². The highest BCUT2D eigenvalue weighted by Crippen LogP contribution is 2.22. The van der Waals surface area contributed by atoms with Crippen LogP contribution in [0.25, 0.3) is 10.8 Å². The van der Waals surface area contributed by atoms with Crippen molar-refractivity contribution in [2.24, 2.45) is 5.73 Å². The molecule has 0 aliphatic rings. The van der Waals surface area contributed by atoms with Crippen LogP contribution in [0.4, 0.5) is 0 Å². The fourth-order valence-corrected chi connectivity index (χ4v) is 3.34. The van der Waals surface area contributed by atoms with Crippen molar-refractivity contribution in [2.75, 3.05) is 13.7 Å². The summed E-state index contributed by atoms with van der Waals surface area (Å²) < 4.78 is 31.7. The molecule has 2 aromatic rings. The topological polar surface area (TPSA) is 111 Å². The number of benzene rings is 1. The lowest BCUT2D eigenvalue weighted by Gasteiger charge is -2.15. The minimum atomic E-state index is -3.91. The summed E-state index contributed by atoms with van der Waals surface area (Å²) in [5.41, 5.74) is 5.41. The molecule has 21 heavy (non-hydrogen) atoms. The molecule has 0 spiro atoms. The minimum Gasteiger partial charge on any atom is -0.468 e. The van der Waals surface area contributed by atoms with Crippen LogP contribution in [0.3, 0.4) is 0 Å². The van der Waals surface area contributed by atoms with Crippen LogP contribution in [-0.4, -0.2) is 39.1 Å². The fraction of sp³-hybridized carbons (Fsp3) is 0.231. The van der Waals surface area contributed by atoms with E-state index in [2.05, 4.69) is 14.4 Å². The van der Waals surface area contributed by atoms with Crippen molar-refractivity contribution in [3.63, 3.8) is 0 Å². The molecule has 3 N–H and O–H groups in total. The van der Waals surface area contributed by atoms with E-state index in [4.69, 9.17) is 5.73 Å². The molecule has 0 fully saturated rings. The molecule has 0 saturated heterocycles. The Morgan fingerprint density at radius 3 is 2.86 bits per heavy atom. The molecule has 0 unspecified atom stereocenters. The predicted octanol–water partition coefficient (Wildman–Crippen LogP) is 0.0134. The molecule has 0 aliphatic carbocycles. The molecule has 112 valence electrons. The number of fused-ring (bicyclic) bond motifs is 1. The smallest absolute Gasteiger partial charge is 0.325 e. The summed E-state index contributed by atoms with van der Waals surface area (Å²) in [7, 11) is -2.74. The van der Waals surface area contributed by atoms with Crippen LogP contribution < -0.4 is 10.5 Å². The van der Waals surface area contributed by atoms with E-state index in [1.54, 1.807) is 24.4 Å². The summed E-state index contributed by atoms with van der Waals surface area (Å²) in [6.07, 6.45) is 3.07. The van der Waals surface area contributed by atoms with E-state index in [-0.39, 0.29) is 11.4 Å². The third kappa shape index (κ3) is 3.18. The first-order valence-corrected chi connectivity index (χ1v) is 7.61. The number of aromatic nitrogens is 1. The van der Waals surface area contributed by atoms with Crippen LogP contribution in [-0.2, 0) is 19.6 Å². The number of nitrogens with two attached hydrogens (primary N) is 1. The zero-order chi connectivity index (χ0) is 15.5. The second kappa shape index (κ2) is 6.17. The zero-order valence-corrected chi connectivity index (χ0v) is 12.1. The lowest BCUT2D eigenvalue weighted by atomic mass is 10.2. The van der Waals surface area contributed by atoms with Gasteiger partial charge in [0.15, 0.2) is 0 Å². The van der Waals surface area contributed by atoms with Crippen LogP contribution in [0, 0.1) is 0 Å². The van der Waals surface area contributed by atoms with Crippen molar-refractivity contribution in [2.45, 2.75) is 10.9 Å². The van der Waals surface area contributed by atoms with Gasteiger partial charge in [0.05, 0.1) is 12.0 Å². The third-order valence-corrected chi connectivity index (χ3v) is 4.48. The first kappa shape index (κ1) is 15.4. The summed E-state index contributed by atoms with van der Waals surface area (Å²) in [5, 5.41) is 1.20. The monoisotopic (exact) mass is 309 g/mol. The normalized spacial score (nSPS) is 13.0. The van der Waals surface area contributed by atoms with Crippen LogP contribution in [0.5, 0.6) is 0 Å². The van der Waals surface area contributed by atoms with Crippen molar-refractivity contribution in [3.8, 4) is 0 Å². The lowest BCUT2D eigenvalue weighted by molar-refractivity contribution is -0.142. The number of nitrogens with one attached hydrogen (secondary N) is 1. The quantitative estimate of drug-likeness (QED) is 0.753. The number of pyridine rings is 1. The number of hydrogen-bond donors (Lipinski definition) is 2. The Kier molecular flexibility index (Phi) is 4.51. The summed E-state index contributed by atoms with van der Waals surface area (Å²) in [6.45, 7) is -0.196. The average molecular weight is 309 g/mol. The summed E-state index contributed by atoms with van der Waals surface area (Å²) >= 11 is 0. The molecule has 0 radical (unpaired) electrons. The van der Waals surface area contributed by atoms with Gasteiger partial charge in [-0.05, 0) is 12.1 Å². The van der Waals surface area contributed by atoms with Crippen LogP contribution in [0.2, 0.25) is 0 Å². The Morgan fingerprint density at radius 1 is 1.43 bits per heavy atom. The molecule has 1 aromatic heterocycles. The number of ether oxygens (including phenoxy) is 1. The van der Waals surface area contributed by atoms with Gasteiger partial charge in [-0.3, -0.25) is 9.78 Å². The number of methoxy groups -OCH3 is 1. The van der Waals surface area contributed by atoms with Gasteiger partial charge in [0, 0.05) is 29.7 Å². The third-order valence-electron chi connectivity index (χ3n) is 2.95. The van der Waals surface area contributed by atoms with Gasteiger partial charge in [-0.2, -0.15) is 4.72 Å². The van der Waals surface area contributed by atoms with Crippen molar-refractivity contribution in [3.05, 3.63) is 36.7 Å². The standard InChI is InChI=1S/C13H15N3O4S/c1-20-13(17)11(7-14)16-21(18,19)12-4-2-3-9-8-15-6-5-10(9)12/h2-6,8,11,16H,7,14H2,1H3/t11-/m0/s1. The highest BCUT2D eigenvalue weighted by Gasteiger charge is 2.26. The van der Waals surface area contributed by atoms with Crippen LogP contribution in [0.1, 0.15) is 0 Å². The Hall–Kier alpha value is -2.03. The molecule has 1 aromatic carbocycles. The highest BCUT2D eigenvalue weighted by molar-refractivity contribution is 7.89. The molecule has 0 aliphatic heterocycles. The molecule has 7 nitrogen and oxygen atoms in total. The molecular formula is C13H15N3O4S. The Bertz CT molecular complexity index is 756. The van der Waals surface area contributed by atoms with E-state index in [0.29, 0.717) is 10.8 Å². The number of carbonyl (C=O) groups is 1.